The van der Waals surface area contributed by atoms with Gasteiger partial charge in [-0.25, -0.2) is 4.99 Å². The first kappa shape index (κ1) is 23.5. The summed E-state index contributed by atoms with van der Waals surface area (Å²) >= 11 is 3.25. The number of nitrogens with zero attached hydrogens (tertiary/aromatic N) is 2. The lowest BCUT2D eigenvalue weighted by Gasteiger charge is -2.15. The molecule has 0 spiro atoms. The van der Waals surface area contributed by atoms with Crippen molar-refractivity contribution in [2.24, 2.45) is 4.99 Å². The van der Waals surface area contributed by atoms with Crippen molar-refractivity contribution < 1.29 is 9.53 Å². The Morgan fingerprint density at radius 1 is 1.06 bits per heavy atom. The van der Waals surface area contributed by atoms with Gasteiger partial charge in [-0.2, -0.15) is 11.8 Å². The summed E-state index contributed by atoms with van der Waals surface area (Å²) in [7, 11) is 1.67. The number of amidine groups is 1. The van der Waals surface area contributed by atoms with Crippen molar-refractivity contribution in [3.63, 3.8) is 0 Å². The quantitative estimate of drug-likeness (QED) is 0.277. The van der Waals surface area contributed by atoms with Crippen LogP contribution in [0.4, 0.5) is 5.69 Å². The summed E-state index contributed by atoms with van der Waals surface area (Å²) < 4.78 is 5.32. The highest BCUT2D eigenvalue weighted by Gasteiger charge is 2.33. The monoisotopic (exact) mass is 476 g/mol. The van der Waals surface area contributed by atoms with Crippen molar-refractivity contribution in [2.45, 2.75) is 20.3 Å². The van der Waals surface area contributed by atoms with Gasteiger partial charge in [0.15, 0.2) is 5.17 Å². The van der Waals surface area contributed by atoms with Crippen LogP contribution in [0.3, 0.4) is 0 Å². The van der Waals surface area contributed by atoms with E-state index in [0.29, 0.717) is 11.4 Å². The van der Waals surface area contributed by atoms with E-state index in [9.17, 15) is 4.79 Å². The van der Waals surface area contributed by atoms with Crippen LogP contribution in [0.25, 0.3) is 16.8 Å². The van der Waals surface area contributed by atoms with Crippen LogP contribution in [-0.4, -0.2) is 41.6 Å². The zero-order chi connectivity index (χ0) is 23.4. The zero-order valence-electron chi connectivity index (χ0n) is 19.4. The van der Waals surface area contributed by atoms with E-state index in [0.717, 1.165) is 50.7 Å². The lowest BCUT2D eigenvalue weighted by atomic mass is 10.1. The van der Waals surface area contributed by atoms with Crippen molar-refractivity contribution in [1.29, 1.82) is 0 Å². The van der Waals surface area contributed by atoms with E-state index in [-0.39, 0.29) is 5.91 Å². The highest BCUT2D eigenvalue weighted by Crippen LogP contribution is 2.35. The molecule has 1 aliphatic heterocycles. The van der Waals surface area contributed by atoms with Crippen LogP contribution >= 0.6 is 23.5 Å². The van der Waals surface area contributed by atoms with Crippen molar-refractivity contribution in [3.05, 3.63) is 76.2 Å². The average Bonchev–Trinajstić information content (AvgIpc) is 3.09. The van der Waals surface area contributed by atoms with Gasteiger partial charge in [-0.3, -0.25) is 9.69 Å². The standard InChI is InChI=1S/C27H28N2O2S2/c1-18-6-11-24(19(2)14-18)28-27-29(12-5-13-32-4)26(30)25(33-27)16-20-7-8-22-17-23(31-3)10-9-21(22)15-20/h6-11,14-17H,5,12-13H2,1-4H3/b25-16+,28-27?. The molecule has 6 heteroatoms. The summed E-state index contributed by atoms with van der Waals surface area (Å²) in [5.41, 5.74) is 4.23. The number of ether oxygens (including phenoxy) is 1. The predicted octanol–water partition coefficient (Wildman–Crippen LogP) is 6.82. The number of hydrogen-bond donors (Lipinski definition) is 0. The Balaban J connectivity index is 1.67. The molecule has 4 nitrogen and oxygen atoms in total. The highest BCUT2D eigenvalue weighted by atomic mass is 32.2. The summed E-state index contributed by atoms with van der Waals surface area (Å²) in [6.07, 6.45) is 5.00. The average molecular weight is 477 g/mol. The summed E-state index contributed by atoms with van der Waals surface area (Å²) in [4.78, 5) is 20.8. The fourth-order valence-electron chi connectivity index (χ4n) is 3.80. The number of fused-ring (bicyclic) bond motifs is 1. The number of amides is 1. The normalized spacial score (nSPS) is 16.4. The molecule has 0 bridgehead atoms. The Morgan fingerprint density at radius 3 is 2.61 bits per heavy atom. The molecule has 4 rings (SSSR count). The first-order valence-corrected chi connectivity index (χ1v) is 13.1. The van der Waals surface area contributed by atoms with Gasteiger partial charge in [-0.1, -0.05) is 35.9 Å². The number of carbonyl (C=O) groups excluding carboxylic acids is 1. The zero-order valence-corrected chi connectivity index (χ0v) is 21.1. The van der Waals surface area contributed by atoms with Gasteiger partial charge in [-0.05, 0) is 96.3 Å². The molecule has 0 radical (unpaired) electrons. The summed E-state index contributed by atoms with van der Waals surface area (Å²) in [5.74, 6) is 1.88. The summed E-state index contributed by atoms with van der Waals surface area (Å²) in [6.45, 7) is 4.81. The third kappa shape index (κ3) is 5.45. The Labute approximate surface area is 204 Å². The van der Waals surface area contributed by atoms with Gasteiger partial charge in [0.25, 0.3) is 5.91 Å². The molecule has 3 aromatic carbocycles. The third-order valence-electron chi connectivity index (χ3n) is 5.56. The van der Waals surface area contributed by atoms with Gasteiger partial charge < -0.3 is 4.74 Å². The van der Waals surface area contributed by atoms with E-state index in [1.807, 2.05) is 41.3 Å². The van der Waals surface area contributed by atoms with E-state index in [4.69, 9.17) is 9.73 Å². The number of rotatable bonds is 7. The van der Waals surface area contributed by atoms with E-state index in [2.05, 4.69) is 44.4 Å². The Morgan fingerprint density at radius 2 is 1.85 bits per heavy atom. The smallest absolute Gasteiger partial charge is 0.266 e. The van der Waals surface area contributed by atoms with E-state index < -0.39 is 0 Å². The van der Waals surface area contributed by atoms with Crippen molar-refractivity contribution in [2.75, 3.05) is 25.7 Å². The van der Waals surface area contributed by atoms with Gasteiger partial charge in [0.1, 0.15) is 5.75 Å². The molecule has 1 amide bonds. The minimum absolute atomic E-state index is 0.0273. The van der Waals surface area contributed by atoms with Crippen LogP contribution in [0.5, 0.6) is 5.75 Å². The van der Waals surface area contributed by atoms with Crippen molar-refractivity contribution in [3.8, 4) is 5.75 Å². The largest absolute Gasteiger partial charge is 0.497 e. The lowest BCUT2D eigenvalue weighted by molar-refractivity contribution is -0.122. The predicted molar refractivity (Wildman–Crippen MR) is 144 cm³/mol. The molecule has 0 N–H and O–H groups in total. The minimum atomic E-state index is 0.0273. The number of aliphatic imine (C=N–C) groups is 1. The fraction of sp³-hybridized carbons (Fsp3) is 0.259. The van der Waals surface area contributed by atoms with Crippen molar-refractivity contribution in [1.82, 2.24) is 4.90 Å². The van der Waals surface area contributed by atoms with Crippen molar-refractivity contribution >= 4 is 57.1 Å². The Kier molecular flexibility index (Phi) is 7.46. The van der Waals surface area contributed by atoms with Crippen LogP contribution < -0.4 is 4.74 Å². The molecule has 0 aliphatic carbocycles. The molecule has 1 saturated heterocycles. The van der Waals surface area contributed by atoms with Crippen LogP contribution in [0.15, 0.2) is 64.5 Å². The van der Waals surface area contributed by atoms with E-state index in [1.165, 1.54) is 17.3 Å². The molecule has 3 aromatic rings. The summed E-state index contributed by atoms with van der Waals surface area (Å²) in [5, 5.41) is 2.98. The maximum Gasteiger partial charge on any atom is 0.266 e. The number of hydrogen-bond acceptors (Lipinski definition) is 5. The molecule has 1 aliphatic rings. The maximum atomic E-state index is 13.3. The van der Waals surface area contributed by atoms with E-state index >= 15 is 0 Å². The first-order chi connectivity index (χ1) is 16.0. The number of methoxy groups -OCH3 is 1. The molecule has 1 heterocycles. The van der Waals surface area contributed by atoms with E-state index in [1.54, 1.807) is 18.9 Å². The molecule has 0 atom stereocenters. The fourth-order valence-corrected chi connectivity index (χ4v) is 5.24. The second-order valence-electron chi connectivity index (χ2n) is 8.07. The maximum absolute atomic E-state index is 13.3. The Hall–Kier alpha value is -2.70. The second kappa shape index (κ2) is 10.5. The van der Waals surface area contributed by atoms with Crippen LogP contribution in [0, 0.1) is 13.8 Å². The second-order valence-corrected chi connectivity index (χ2v) is 10.1. The SMILES string of the molecule is COc1ccc2cc(/C=C3/SC(=Nc4ccc(C)cc4C)N(CCCSC)C3=O)ccc2c1. The highest BCUT2D eigenvalue weighted by molar-refractivity contribution is 8.18. The molecule has 0 saturated carbocycles. The third-order valence-corrected chi connectivity index (χ3v) is 7.26. The lowest BCUT2D eigenvalue weighted by Crippen LogP contribution is -2.30. The van der Waals surface area contributed by atoms with Gasteiger partial charge >= 0.3 is 0 Å². The molecule has 0 unspecified atom stereocenters. The number of thioether (sulfide) groups is 2. The van der Waals surface area contributed by atoms with Gasteiger partial charge in [0.05, 0.1) is 17.7 Å². The minimum Gasteiger partial charge on any atom is -0.497 e. The van der Waals surface area contributed by atoms with Gasteiger partial charge in [-0.15, -0.1) is 0 Å². The topological polar surface area (TPSA) is 41.9 Å². The molecular weight excluding hydrogens is 448 g/mol. The van der Waals surface area contributed by atoms with Gasteiger partial charge in [0.2, 0.25) is 0 Å². The molecule has 1 fully saturated rings. The Bertz CT molecular complexity index is 1250. The number of aryl methyl sites for hydroxylation is 2. The van der Waals surface area contributed by atoms with Crippen LogP contribution in [-0.2, 0) is 4.79 Å². The molecule has 170 valence electrons. The van der Waals surface area contributed by atoms with Crippen LogP contribution in [0.2, 0.25) is 0 Å². The first-order valence-electron chi connectivity index (χ1n) is 10.9. The number of carbonyl (C=O) groups is 1. The molecule has 0 aromatic heterocycles. The number of benzene rings is 3. The molecular formula is C27H28N2O2S2. The van der Waals surface area contributed by atoms with Crippen LogP contribution in [0.1, 0.15) is 23.1 Å². The summed E-state index contributed by atoms with van der Waals surface area (Å²) in [6, 6.07) is 18.4. The van der Waals surface area contributed by atoms with Gasteiger partial charge in [0, 0.05) is 6.54 Å². The molecule has 33 heavy (non-hydrogen) atoms.